The highest BCUT2D eigenvalue weighted by Gasteiger charge is 2.03. The molecular formula is C17H18O2. The molecular weight excluding hydrogens is 236 g/mol. The van der Waals surface area contributed by atoms with Crippen LogP contribution in [0.1, 0.15) is 17.5 Å². The minimum absolute atomic E-state index is 0.164. The lowest BCUT2D eigenvalue weighted by Gasteiger charge is -2.07. The standard InChI is InChI=1S/C17H18O2/c1-13-5-3-4-6-16(13)15-10-7-14(8-11-15)9-12-17(18)19-2/h3-8,10-11H,9,12H2,1-2H3. The fourth-order valence-electron chi connectivity index (χ4n) is 2.10. The van der Waals surface area contributed by atoms with Crippen molar-refractivity contribution in [1.82, 2.24) is 0 Å². The molecule has 0 N–H and O–H groups in total. The van der Waals surface area contributed by atoms with Crippen molar-refractivity contribution in [3.05, 3.63) is 59.7 Å². The van der Waals surface area contributed by atoms with Gasteiger partial charge in [-0.05, 0) is 35.6 Å². The fraction of sp³-hybridized carbons (Fsp3) is 0.235. The van der Waals surface area contributed by atoms with Gasteiger partial charge in [-0.15, -0.1) is 0 Å². The van der Waals surface area contributed by atoms with Gasteiger partial charge in [0.25, 0.3) is 0 Å². The molecule has 0 fully saturated rings. The Morgan fingerprint density at radius 2 is 1.74 bits per heavy atom. The van der Waals surface area contributed by atoms with Gasteiger partial charge in [-0.3, -0.25) is 4.79 Å². The monoisotopic (exact) mass is 254 g/mol. The summed E-state index contributed by atoms with van der Waals surface area (Å²) in [6.07, 6.45) is 1.15. The number of benzene rings is 2. The Kier molecular flexibility index (Phi) is 4.35. The third-order valence-electron chi connectivity index (χ3n) is 3.26. The van der Waals surface area contributed by atoms with Crippen molar-refractivity contribution in [2.24, 2.45) is 0 Å². The van der Waals surface area contributed by atoms with Gasteiger partial charge >= 0.3 is 5.97 Å². The Balaban J connectivity index is 2.11. The zero-order valence-electron chi connectivity index (χ0n) is 11.3. The second kappa shape index (κ2) is 6.19. The lowest BCUT2D eigenvalue weighted by atomic mass is 9.99. The van der Waals surface area contributed by atoms with Crippen LogP contribution in [-0.2, 0) is 16.0 Å². The van der Waals surface area contributed by atoms with Gasteiger partial charge in [0.15, 0.2) is 0 Å². The molecule has 19 heavy (non-hydrogen) atoms. The number of rotatable bonds is 4. The van der Waals surface area contributed by atoms with Crippen molar-refractivity contribution in [1.29, 1.82) is 0 Å². The van der Waals surface area contributed by atoms with Crippen LogP contribution in [-0.4, -0.2) is 13.1 Å². The summed E-state index contributed by atoms with van der Waals surface area (Å²) in [4.78, 5) is 11.1. The highest BCUT2D eigenvalue weighted by molar-refractivity contribution is 5.70. The maximum Gasteiger partial charge on any atom is 0.305 e. The molecule has 0 aliphatic carbocycles. The molecule has 0 unspecified atom stereocenters. The number of esters is 1. The first-order chi connectivity index (χ1) is 9.20. The SMILES string of the molecule is COC(=O)CCc1ccc(-c2ccccc2C)cc1. The number of aryl methyl sites for hydroxylation is 2. The molecule has 2 nitrogen and oxygen atoms in total. The number of hydrogen-bond donors (Lipinski definition) is 0. The summed E-state index contributed by atoms with van der Waals surface area (Å²) in [7, 11) is 1.42. The maximum atomic E-state index is 11.1. The Bertz CT molecular complexity index is 556. The topological polar surface area (TPSA) is 26.3 Å². The van der Waals surface area contributed by atoms with Crippen molar-refractivity contribution in [2.75, 3.05) is 7.11 Å². The molecule has 0 amide bonds. The van der Waals surface area contributed by atoms with E-state index in [2.05, 4.69) is 48.1 Å². The summed E-state index contributed by atoms with van der Waals surface area (Å²) < 4.78 is 4.64. The van der Waals surface area contributed by atoms with E-state index < -0.39 is 0 Å². The van der Waals surface area contributed by atoms with Crippen LogP contribution in [0.25, 0.3) is 11.1 Å². The highest BCUT2D eigenvalue weighted by atomic mass is 16.5. The molecule has 2 heteroatoms. The van der Waals surface area contributed by atoms with Gasteiger partial charge in [0.1, 0.15) is 0 Å². The van der Waals surface area contributed by atoms with Gasteiger partial charge in [-0.1, -0.05) is 48.5 Å². The van der Waals surface area contributed by atoms with Gasteiger partial charge in [0.2, 0.25) is 0 Å². The first-order valence-electron chi connectivity index (χ1n) is 6.42. The molecule has 0 saturated carbocycles. The molecule has 2 rings (SSSR count). The molecule has 2 aromatic carbocycles. The zero-order chi connectivity index (χ0) is 13.7. The number of hydrogen-bond acceptors (Lipinski definition) is 2. The van der Waals surface area contributed by atoms with Crippen molar-refractivity contribution in [3.63, 3.8) is 0 Å². The molecule has 2 aromatic rings. The van der Waals surface area contributed by atoms with Crippen LogP contribution < -0.4 is 0 Å². The average Bonchev–Trinajstić information content (AvgIpc) is 2.46. The predicted octanol–water partition coefficient (Wildman–Crippen LogP) is 3.77. The van der Waals surface area contributed by atoms with Crippen LogP contribution in [0.4, 0.5) is 0 Å². The smallest absolute Gasteiger partial charge is 0.305 e. The fourth-order valence-corrected chi connectivity index (χ4v) is 2.10. The Morgan fingerprint density at radius 1 is 1.05 bits per heavy atom. The molecule has 0 saturated heterocycles. The summed E-state index contributed by atoms with van der Waals surface area (Å²) in [5.74, 6) is -0.164. The van der Waals surface area contributed by atoms with Crippen molar-refractivity contribution >= 4 is 5.97 Å². The lowest BCUT2D eigenvalue weighted by Crippen LogP contribution is -2.01. The molecule has 0 aromatic heterocycles. The van der Waals surface area contributed by atoms with Gasteiger partial charge in [-0.25, -0.2) is 0 Å². The maximum absolute atomic E-state index is 11.1. The third kappa shape index (κ3) is 3.44. The first kappa shape index (κ1) is 13.3. The van der Waals surface area contributed by atoms with E-state index in [1.54, 1.807) is 0 Å². The highest BCUT2D eigenvalue weighted by Crippen LogP contribution is 2.23. The van der Waals surface area contributed by atoms with Crippen LogP contribution in [0, 0.1) is 6.92 Å². The summed E-state index contributed by atoms with van der Waals surface area (Å²) in [6, 6.07) is 16.7. The first-order valence-corrected chi connectivity index (χ1v) is 6.42. The minimum Gasteiger partial charge on any atom is -0.469 e. The number of carbonyl (C=O) groups excluding carboxylic acids is 1. The Labute approximate surface area is 114 Å². The Morgan fingerprint density at radius 3 is 2.37 bits per heavy atom. The van der Waals surface area contributed by atoms with Gasteiger partial charge in [-0.2, -0.15) is 0 Å². The summed E-state index contributed by atoms with van der Waals surface area (Å²) >= 11 is 0. The number of carbonyl (C=O) groups is 1. The largest absolute Gasteiger partial charge is 0.469 e. The van der Waals surface area contributed by atoms with Crippen molar-refractivity contribution in [2.45, 2.75) is 19.8 Å². The van der Waals surface area contributed by atoms with E-state index in [1.807, 2.05) is 12.1 Å². The predicted molar refractivity (Wildman–Crippen MR) is 77.0 cm³/mol. The summed E-state index contributed by atoms with van der Waals surface area (Å²) in [5, 5.41) is 0. The molecule has 0 radical (unpaired) electrons. The van der Waals surface area contributed by atoms with E-state index in [0.29, 0.717) is 6.42 Å². The van der Waals surface area contributed by atoms with Crippen molar-refractivity contribution < 1.29 is 9.53 Å². The van der Waals surface area contributed by atoms with E-state index >= 15 is 0 Å². The normalized spacial score (nSPS) is 10.2. The summed E-state index contributed by atoms with van der Waals surface area (Å²) in [6.45, 7) is 2.11. The third-order valence-corrected chi connectivity index (χ3v) is 3.26. The van der Waals surface area contributed by atoms with Crippen LogP contribution in [0.5, 0.6) is 0 Å². The average molecular weight is 254 g/mol. The van der Waals surface area contributed by atoms with E-state index in [0.717, 1.165) is 12.0 Å². The van der Waals surface area contributed by atoms with E-state index in [1.165, 1.54) is 23.8 Å². The Hall–Kier alpha value is -2.09. The van der Waals surface area contributed by atoms with Gasteiger partial charge in [0, 0.05) is 6.42 Å². The summed E-state index contributed by atoms with van der Waals surface area (Å²) in [5.41, 5.74) is 4.88. The molecule has 98 valence electrons. The molecule has 0 heterocycles. The lowest BCUT2D eigenvalue weighted by molar-refractivity contribution is -0.140. The van der Waals surface area contributed by atoms with E-state index in [-0.39, 0.29) is 5.97 Å². The molecule has 0 aliphatic rings. The second-order valence-corrected chi connectivity index (χ2v) is 4.59. The minimum atomic E-state index is -0.164. The molecule has 0 atom stereocenters. The second-order valence-electron chi connectivity index (χ2n) is 4.59. The zero-order valence-corrected chi connectivity index (χ0v) is 11.3. The van der Waals surface area contributed by atoms with Crippen LogP contribution in [0.2, 0.25) is 0 Å². The molecule has 0 spiro atoms. The number of methoxy groups -OCH3 is 1. The van der Waals surface area contributed by atoms with Crippen molar-refractivity contribution in [3.8, 4) is 11.1 Å². The van der Waals surface area contributed by atoms with Crippen LogP contribution >= 0.6 is 0 Å². The number of ether oxygens (including phenoxy) is 1. The molecule has 0 aliphatic heterocycles. The van der Waals surface area contributed by atoms with Gasteiger partial charge < -0.3 is 4.74 Å². The quantitative estimate of drug-likeness (QED) is 0.776. The van der Waals surface area contributed by atoms with Gasteiger partial charge in [0.05, 0.1) is 7.11 Å². The van der Waals surface area contributed by atoms with E-state index in [4.69, 9.17) is 0 Å². The molecule has 0 bridgehead atoms. The van der Waals surface area contributed by atoms with Crippen LogP contribution in [0.3, 0.4) is 0 Å². The van der Waals surface area contributed by atoms with Crippen LogP contribution in [0.15, 0.2) is 48.5 Å². The van der Waals surface area contributed by atoms with E-state index in [9.17, 15) is 4.79 Å².